The van der Waals surface area contributed by atoms with E-state index in [-0.39, 0.29) is 12.5 Å². The SMILES string of the molecule is C=CC(=O)N1C=C(c2ccc(C)cc2)CC(C(=O)O)C1. The van der Waals surface area contributed by atoms with E-state index in [1.54, 1.807) is 6.20 Å². The number of rotatable bonds is 3. The number of benzene rings is 1. The predicted molar refractivity (Wildman–Crippen MR) is 76.8 cm³/mol. The Bertz CT molecular complexity index is 572. The van der Waals surface area contributed by atoms with Gasteiger partial charge < -0.3 is 10.0 Å². The van der Waals surface area contributed by atoms with Crippen LogP contribution in [-0.2, 0) is 9.59 Å². The van der Waals surface area contributed by atoms with Crippen LogP contribution in [0, 0.1) is 12.8 Å². The number of carboxylic acids is 1. The van der Waals surface area contributed by atoms with Gasteiger partial charge in [0.2, 0.25) is 5.91 Å². The molecule has 0 saturated carbocycles. The van der Waals surface area contributed by atoms with Gasteiger partial charge in [-0.3, -0.25) is 9.59 Å². The van der Waals surface area contributed by atoms with Crippen LogP contribution in [0.4, 0.5) is 0 Å². The molecule has 1 aliphatic heterocycles. The quantitative estimate of drug-likeness (QED) is 0.859. The van der Waals surface area contributed by atoms with Gasteiger partial charge in [-0.1, -0.05) is 36.4 Å². The second-order valence-corrected chi connectivity index (χ2v) is 4.95. The van der Waals surface area contributed by atoms with E-state index < -0.39 is 11.9 Å². The zero-order valence-electron chi connectivity index (χ0n) is 11.4. The number of aliphatic carboxylic acids is 1. The number of hydrogen-bond acceptors (Lipinski definition) is 2. The van der Waals surface area contributed by atoms with E-state index in [9.17, 15) is 14.7 Å². The van der Waals surface area contributed by atoms with E-state index in [2.05, 4.69) is 6.58 Å². The summed E-state index contributed by atoms with van der Waals surface area (Å²) in [6, 6.07) is 7.84. The fourth-order valence-corrected chi connectivity index (χ4v) is 2.26. The first-order valence-corrected chi connectivity index (χ1v) is 6.45. The van der Waals surface area contributed by atoms with E-state index in [0.29, 0.717) is 6.42 Å². The minimum absolute atomic E-state index is 0.190. The molecule has 1 N–H and O–H groups in total. The number of carboxylic acid groups (broad SMARTS) is 1. The lowest BCUT2D eigenvalue weighted by Gasteiger charge is -2.28. The third kappa shape index (κ3) is 2.96. The highest BCUT2D eigenvalue weighted by atomic mass is 16.4. The lowest BCUT2D eigenvalue weighted by molar-refractivity contribution is -0.142. The van der Waals surface area contributed by atoms with E-state index in [0.717, 1.165) is 16.7 Å². The maximum Gasteiger partial charge on any atom is 0.308 e. The Morgan fingerprint density at radius 3 is 2.55 bits per heavy atom. The number of carbonyl (C=O) groups is 2. The molecule has 0 fully saturated rings. The zero-order valence-corrected chi connectivity index (χ0v) is 11.4. The lowest BCUT2D eigenvalue weighted by Crippen LogP contribution is -2.36. The fourth-order valence-electron chi connectivity index (χ4n) is 2.26. The van der Waals surface area contributed by atoms with Crippen LogP contribution in [-0.4, -0.2) is 28.4 Å². The van der Waals surface area contributed by atoms with Crippen molar-refractivity contribution in [1.29, 1.82) is 0 Å². The topological polar surface area (TPSA) is 57.6 Å². The molecule has 1 aromatic carbocycles. The van der Waals surface area contributed by atoms with Crippen LogP contribution < -0.4 is 0 Å². The van der Waals surface area contributed by atoms with Gasteiger partial charge >= 0.3 is 5.97 Å². The van der Waals surface area contributed by atoms with Gasteiger partial charge in [-0.2, -0.15) is 0 Å². The second kappa shape index (κ2) is 5.74. The first-order chi connectivity index (χ1) is 9.51. The molecule has 104 valence electrons. The van der Waals surface area contributed by atoms with E-state index >= 15 is 0 Å². The molecule has 1 amide bonds. The molecule has 1 atom stereocenters. The van der Waals surface area contributed by atoms with Crippen LogP contribution in [0.1, 0.15) is 17.5 Å². The molecular weight excluding hydrogens is 254 g/mol. The van der Waals surface area contributed by atoms with Gasteiger partial charge in [0.15, 0.2) is 0 Å². The number of aryl methyl sites for hydroxylation is 1. The van der Waals surface area contributed by atoms with Gasteiger partial charge in [-0.05, 0) is 30.6 Å². The molecule has 1 heterocycles. The van der Waals surface area contributed by atoms with Crippen molar-refractivity contribution in [2.75, 3.05) is 6.54 Å². The minimum atomic E-state index is -0.885. The smallest absolute Gasteiger partial charge is 0.308 e. The molecule has 2 rings (SSSR count). The van der Waals surface area contributed by atoms with Crippen molar-refractivity contribution in [3.8, 4) is 0 Å². The average Bonchev–Trinajstić information content (AvgIpc) is 2.46. The Hall–Kier alpha value is -2.36. The molecule has 1 aromatic rings. The van der Waals surface area contributed by atoms with E-state index in [1.807, 2.05) is 31.2 Å². The van der Waals surface area contributed by atoms with Crippen LogP contribution in [0.5, 0.6) is 0 Å². The van der Waals surface area contributed by atoms with Crippen molar-refractivity contribution in [2.45, 2.75) is 13.3 Å². The summed E-state index contributed by atoms with van der Waals surface area (Å²) in [5.74, 6) is -1.75. The number of amides is 1. The normalized spacial score (nSPS) is 18.4. The Balaban J connectivity index is 2.35. The van der Waals surface area contributed by atoms with Crippen molar-refractivity contribution in [3.05, 3.63) is 54.2 Å². The van der Waals surface area contributed by atoms with Crippen LogP contribution in [0.2, 0.25) is 0 Å². The maximum atomic E-state index is 11.7. The summed E-state index contributed by atoms with van der Waals surface area (Å²) in [4.78, 5) is 24.4. The third-order valence-electron chi connectivity index (χ3n) is 3.42. The molecular formula is C16H17NO3. The Morgan fingerprint density at radius 2 is 2.00 bits per heavy atom. The van der Waals surface area contributed by atoms with Crippen molar-refractivity contribution < 1.29 is 14.7 Å². The van der Waals surface area contributed by atoms with Gasteiger partial charge in [0.1, 0.15) is 0 Å². The molecule has 1 unspecified atom stereocenters. The van der Waals surface area contributed by atoms with Crippen molar-refractivity contribution in [3.63, 3.8) is 0 Å². The lowest BCUT2D eigenvalue weighted by atomic mass is 9.91. The van der Waals surface area contributed by atoms with E-state index in [1.165, 1.54) is 11.0 Å². The van der Waals surface area contributed by atoms with Crippen molar-refractivity contribution >= 4 is 17.4 Å². The molecule has 20 heavy (non-hydrogen) atoms. The summed E-state index contributed by atoms with van der Waals surface area (Å²) >= 11 is 0. The molecule has 4 heteroatoms. The summed E-state index contributed by atoms with van der Waals surface area (Å²) in [5, 5.41) is 9.23. The van der Waals surface area contributed by atoms with Gasteiger partial charge in [0, 0.05) is 12.7 Å². The van der Waals surface area contributed by atoms with Crippen molar-refractivity contribution in [2.24, 2.45) is 5.92 Å². The summed E-state index contributed by atoms with van der Waals surface area (Å²) in [6.07, 6.45) is 3.36. The average molecular weight is 271 g/mol. The number of hydrogen-bond donors (Lipinski definition) is 1. The molecule has 4 nitrogen and oxygen atoms in total. The summed E-state index contributed by atoms with van der Waals surface area (Å²) in [5.41, 5.74) is 2.95. The molecule has 0 bridgehead atoms. The number of carbonyl (C=O) groups excluding carboxylic acids is 1. The summed E-state index contributed by atoms with van der Waals surface area (Å²) in [7, 11) is 0. The summed E-state index contributed by atoms with van der Waals surface area (Å²) < 4.78 is 0. The molecule has 0 radical (unpaired) electrons. The molecule has 0 aliphatic carbocycles. The van der Waals surface area contributed by atoms with Crippen LogP contribution in [0.15, 0.2) is 43.1 Å². The van der Waals surface area contributed by atoms with Gasteiger partial charge in [0.05, 0.1) is 5.92 Å². The van der Waals surface area contributed by atoms with Crippen molar-refractivity contribution in [1.82, 2.24) is 4.90 Å². The molecule has 0 saturated heterocycles. The highest BCUT2D eigenvalue weighted by Gasteiger charge is 2.28. The van der Waals surface area contributed by atoms with Gasteiger partial charge in [0.25, 0.3) is 0 Å². The largest absolute Gasteiger partial charge is 0.481 e. The molecule has 1 aliphatic rings. The minimum Gasteiger partial charge on any atom is -0.481 e. The van der Waals surface area contributed by atoms with Gasteiger partial charge in [-0.15, -0.1) is 0 Å². The first kappa shape index (κ1) is 14.1. The number of nitrogens with zero attached hydrogens (tertiary/aromatic N) is 1. The molecule has 0 aromatic heterocycles. The second-order valence-electron chi connectivity index (χ2n) is 4.95. The summed E-state index contributed by atoms with van der Waals surface area (Å²) in [6.45, 7) is 5.63. The Labute approximate surface area is 118 Å². The Morgan fingerprint density at radius 1 is 1.35 bits per heavy atom. The third-order valence-corrected chi connectivity index (χ3v) is 3.42. The van der Waals surface area contributed by atoms with E-state index in [4.69, 9.17) is 0 Å². The highest BCUT2D eigenvalue weighted by molar-refractivity contribution is 5.90. The Kier molecular flexibility index (Phi) is 4.03. The zero-order chi connectivity index (χ0) is 14.7. The van der Waals surface area contributed by atoms with Gasteiger partial charge in [-0.25, -0.2) is 0 Å². The van der Waals surface area contributed by atoms with Crippen LogP contribution in [0.3, 0.4) is 0 Å². The monoisotopic (exact) mass is 271 g/mol. The highest BCUT2D eigenvalue weighted by Crippen LogP contribution is 2.29. The standard InChI is InChI=1S/C16H17NO3/c1-3-15(18)17-9-13(8-14(10-17)16(19)20)12-6-4-11(2)5-7-12/h3-7,9,14H,1,8,10H2,2H3,(H,19,20). The predicted octanol–water partition coefficient (Wildman–Crippen LogP) is 2.46. The first-order valence-electron chi connectivity index (χ1n) is 6.45. The number of allylic oxidation sites excluding steroid dienone is 1. The molecule has 0 spiro atoms. The van der Waals surface area contributed by atoms with Crippen LogP contribution >= 0.6 is 0 Å². The maximum absolute atomic E-state index is 11.7. The fraction of sp³-hybridized carbons (Fsp3) is 0.250. The van der Waals surface area contributed by atoms with Crippen LogP contribution in [0.25, 0.3) is 5.57 Å².